The Hall–Kier alpha value is -0.735. The molecule has 4 heteroatoms. The van der Waals surface area contributed by atoms with Gasteiger partial charge in [0.05, 0.1) is 6.26 Å². The highest BCUT2D eigenvalue weighted by molar-refractivity contribution is 6.80. The molecule has 2 atom stereocenters. The number of rotatable bonds is 4. The van der Waals surface area contributed by atoms with Crippen molar-refractivity contribution in [3.63, 3.8) is 0 Å². The molecule has 1 fully saturated rings. The molecule has 1 aromatic rings. The van der Waals surface area contributed by atoms with Crippen molar-refractivity contribution in [1.29, 1.82) is 0 Å². The van der Waals surface area contributed by atoms with Gasteiger partial charge in [-0.15, -0.1) is 6.32 Å². The molecule has 0 N–H and O–H groups in total. The lowest BCUT2D eigenvalue weighted by Crippen LogP contribution is -2.49. The Balaban J connectivity index is 2.21. The van der Waals surface area contributed by atoms with Crippen LogP contribution < -0.4 is 5.66 Å². The van der Waals surface area contributed by atoms with Crippen LogP contribution in [0.3, 0.4) is 0 Å². The van der Waals surface area contributed by atoms with E-state index >= 15 is 0 Å². The van der Waals surface area contributed by atoms with E-state index in [0.717, 1.165) is 24.8 Å². The van der Waals surface area contributed by atoms with Crippen LogP contribution in [0, 0.1) is 0 Å². The fourth-order valence-corrected chi connectivity index (χ4v) is 2.37. The van der Waals surface area contributed by atoms with Crippen molar-refractivity contribution in [3.05, 3.63) is 18.4 Å². The predicted octanol–water partition coefficient (Wildman–Crippen LogP) is 2.55. The van der Waals surface area contributed by atoms with Crippen LogP contribution in [-0.4, -0.2) is 18.8 Å². The number of hydrogen-bond donors (Lipinski definition) is 0. The number of unbranched alkanes of at least 4 members (excludes halogenated alkanes) is 1. The Morgan fingerprint density at radius 2 is 1.94 bits per heavy atom. The van der Waals surface area contributed by atoms with Gasteiger partial charge in [0, 0.05) is 17.9 Å². The molecule has 0 saturated carbocycles. The van der Waals surface area contributed by atoms with Crippen LogP contribution in [0.5, 0.6) is 0 Å². The van der Waals surface area contributed by atoms with Gasteiger partial charge in [-0.2, -0.15) is 0 Å². The van der Waals surface area contributed by atoms with Gasteiger partial charge >= 0.3 is 6.55 Å². The largest absolute Gasteiger partial charge is 0.559 e. The van der Waals surface area contributed by atoms with Gasteiger partial charge in [0.15, 0.2) is 0 Å². The molecule has 1 aliphatic heterocycles. The van der Waals surface area contributed by atoms with Crippen LogP contribution in [0.15, 0.2) is 22.8 Å². The van der Waals surface area contributed by atoms with Crippen molar-refractivity contribution in [2.24, 2.45) is 0 Å². The average molecular weight is 223 g/mol. The van der Waals surface area contributed by atoms with E-state index in [1.807, 2.05) is 12.1 Å². The summed E-state index contributed by atoms with van der Waals surface area (Å²) in [7, 11) is 0. The third kappa shape index (κ3) is 2.04. The molecule has 2 unspecified atom stereocenters. The van der Waals surface area contributed by atoms with Crippen LogP contribution in [0.4, 0.5) is 0 Å². The lowest BCUT2D eigenvalue weighted by atomic mass is 9.51. The van der Waals surface area contributed by atoms with E-state index in [1.165, 1.54) is 0 Å². The molecule has 1 aliphatic rings. The zero-order valence-electron chi connectivity index (χ0n) is 10.3. The van der Waals surface area contributed by atoms with E-state index in [4.69, 9.17) is 13.7 Å². The van der Waals surface area contributed by atoms with Crippen molar-refractivity contribution >= 4 is 12.2 Å². The number of hydrogen-bond acceptors (Lipinski definition) is 3. The fraction of sp³-hybridized carbons (Fsp3) is 0.667. The summed E-state index contributed by atoms with van der Waals surface area (Å²) in [5, 5.41) is 0. The summed E-state index contributed by atoms with van der Waals surface area (Å²) in [6.45, 7) is 4.91. The average Bonchev–Trinajstić information content (AvgIpc) is 2.86. The summed E-state index contributed by atoms with van der Waals surface area (Å²) in [5.74, 6) is 0. The lowest BCUT2D eigenvalue weighted by Gasteiger charge is -2.33. The Morgan fingerprint density at radius 1 is 1.25 bits per heavy atom. The molecule has 0 amide bonds. The zero-order chi connectivity index (χ0) is 11.6. The summed E-state index contributed by atoms with van der Waals surface area (Å²) < 4.78 is 17.6. The molecule has 2 heterocycles. The van der Waals surface area contributed by atoms with Gasteiger partial charge in [-0.3, -0.25) is 0 Å². The van der Waals surface area contributed by atoms with E-state index in [1.54, 1.807) is 6.26 Å². The second-order valence-electron chi connectivity index (χ2n) is 4.71. The third-order valence-electron chi connectivity index (χ3n) is 3.44. The quantitative estimate of drug-likeness (QED) is 0.735. The molecule has 2 rings (SSSR count). The second kappa shape index (κ2) is 4.64. The highest BCUT2D eigenvalue weighted by Gasteiger charge is 2.41. The third-order valence-corrected chi connectivity index (χ3v) is 3.44. The Kier molecular flexibility index (Phi) is 3.40. The van der Waals surface area contributed by atoms with Crippen molar-refractivity contribution in [1.82, 2.24) is 0 Å². The lowest BCUT2D eigenvalue weighted by molar-refractivity contribution is 0.187. The van der Waals surface area contributed by atoms with E-state index in [-0.39, 0.29) is 12.2 Å². The minimum absolute atomic E-state index is 0.141. The van der Waals surface area contributed by atoms with Gasteiger partial charge in [0.1, 0.15) is 0 Å². The minimum atomic E-state index is -1.38. The summed E-state index contributed by atoms with van der Waals surface area (Å²) in [4.78, 5) is 0. The summed E-state index contributed by atoms with van der Waals surface area (Å²) >= 11 is 0. The predicted molar refractivity (Wildman–Crippen MR) is 64.9 cm³/mol. The van der Waals surface area contributed by atoms with Crippen molar-refractivity contribution in [2.45, 2.75) is 52.1 Å². The standard InChI is InChI=1S/C12H20BO3/c1-4-5-8-13(12-7-6-9-14-12)15-10(2)11(3)16-13/h6-7,9-11H,4-5,8H2,1-3H3/q-1. The van der Waals surface area contributed by atoms with Crippen LogP contribution >= 0.6 is 0 Å². The van der Waals surface area contributed by atoms with Crippen LogP contribution in [0.1, 0.15) is 33.6 Å². The second-order valence-corrected chi connectivity index (χ2v) is 4.71. The Bertz CT molecular complexity index is 313. The SMILES string of the molecule is CCCC[B-]1(c2ccco2)OC(C)C(C)O1. The first kappa shape index (κ1) is 11.7. The summed E-state index contributed by atoms with van der Waals surface area (Å²) in [6, 6.07) is 3.85. The molecule has 1 aromatic heterocycles. The van der Waals surface area contributed by atoms with Crippen molar-refractivity contribution in [2.75, 3.05) is 0 Å². The van der Waals surface area contributed by atoms with Gasteiger partial charge in [-0.05, 0) is 19.9 Å². The molecule has 1 saturated heterocycles. The maximum absolute atomic E-state index is 6.05. The minimum Gasteiger partial charge on any atom is -0.559 e. The first-order chi connectivity index (χ1) is 7.68. The van der Waals surface area contributed by atoms with Gasteiger partial charge in [0.2, 0.25) is 0 Å². The highest BCUT2D eigenvalue weighted by atomic mass is 16.7. The molecule has 0 bridgehead atoms. The molecule has 0 aliphatic carbocycles. The van der Waals surface area contributed by atoms with E-state index in [9.17, 15) is 0 Å². The number of furan rings is 1. The molecule has 90 valence electrons. The first-order valence-electron chi connectivity index (χ1n) is 6.23. The van der Waals surface area contributed by atoms with Crippen LogP contribution in [0.2, 0.25) is 6.32 Å². The van der Waals surface area contributed by atoms with Crippen molar-refractivity contribution < 1.29 is 13.7 Å². The molecule has 0 radical (unpaired) electrons. The molecule has 3 nitrogen and oxygen atoms in total. The summed E-state index contributed by atoms with van der Waals surface area (Å²) in [6.07, 6.45) is 5.12. The molecular weight excluding hydrogens is 203 g/mol. The smallest absolute Gasteiger partial charge is 0.305 e. The first-order valence-corrected chi connectivity index (χ1v) is 6.23. The molecular formula is C12H20BO3-. The van der Waals surface area contributed by atoms with Crippen LogP contribution in [0.25, 0.3) is 0 Å². The normalized spacial score (nSPS) is 34.4. The zero-order valence-corrected chi connectivity index (χ0v) is 10.3. The fourth-order valence-electron chi connectivity index (χ4n) is 2.37. The molecule has 0 spiro atoms. The van der Waals surface area contributed by atoms with Gasteiger partial charge in [-0.25, -0.2) is 0 Å². The van der Waals surface area contributed by atoms with Gasteiger partial charge in [0.25, 0.3) is 0 Å². The van der Waals surface area contributed by atoms with E-state index < -0.39 is 6.55 Å². The van der Waals surface area contributed by atoms with Crippen molar-refractivity contribution in [3.8, 4) is 0 Å². The maximum atomic E-state index is 6.05. The Morgan fingerprint density at radius 3 is 2.44 bits per heavy atom. The van der Waals surface area contributed by atoms with Gasteiger partial charge < -0.3 is 13.7 Å². The Labute approximate surface area is 97.1 Å². The van der Waals surface area contributed by atoms with E-state index in [0.29, 0.717) is 0 Å². The topological polar surface area (TPSA) is 31.6 Å². The van der Waals surface area contributed by atoms with Gasteiger partial charge in [-0.1, -0.05) is 25.8 Å². The monoisotopic (exact) mass is 223 g/mol. The highest BCUT2D eigenvalue weighted by Crippen LogP contribution is 2.29. The molecule has 16 heavy (non-hydrogen) atoms. The maximum Gasteiger partial charge on any atom is 0.305 e. The van der Waals surface area contributed by atoms with Crippen LogP contribution in [-0.2, 0) is 9.31 Å². The molecule has 0 aromatic carbocycles. The summed E-state index contributed by atoms with van der Waals surface area (Å²) in [5.41, 5.74) is 0.852. The van der Waals surface area contributed by atoms with E-state index in [2.05, 4.69) is 20.8 Å².